The van der Waals surface area contributed by atoms with Gasteiger partial charge in [0.2, 0.25) is 0 Å². The van der Waals surface area contributed by atoms with E-state index in [4.69, 9.17) is 28.9 Å². The van der Waals surface area contributed by atoms with Crippen molar-refractivity contribution in [3.63, 3.8) is 0 Å². The molecule has 0 saturated heterocycles. The van der Waals surface area contributed by atoms with E-state index in [1.165, 1.54) is 0 Å². The van der Waals surface area contributed by atoms with Gasteiger partial charge in [0.05, 0.1) is 12.1 Å². The van der Waals surface area contributed by atoms with E-state index in [1.807, 2.05) is 18.2 Å². The van der Waals surface area contributed by atoms with Crippen LogP contribution in [0.5, 0.6) is 0 Å². The van der Waals surface area contributed by atoms with E-state index < -0.39 is 0 Å². The first-order valence-electron chi connectivity index (χ1n) is 8.24. The zero-order chi connectivity index (χ0) is 18.4. The number of aliphatic imine (C=N–C) groups is 2. The van der Waals surface area contributed by atoms with Crippen molar-refractivity contribution in [1.82, 2.24) is 0 Å². The van der Waals surface area contributed by atoms with Gasteiger partial charge in [-0.25, -0.2) is 0 Å². The molecule has 0 aromatic heterocycles. The van der Waals surface area contributed by atoms with Gasteiger partial charge in [-0.15, -0.1) is 24.3 Å². The van der Waals surface area contributed by atoms with Crippen LogP contribution in [-0.4, -0.2) is 42.6 Å². The van der Waals surface area contributed by atoms with Crippen LogP contribution >= 0.6 is 19.4 Å². The summed E-state index contributed by atoms with van der Waals surface area (Å²) < 4.78 is 11.5. The van der Waals surface area contributed by atoms with Crippen LogP contribution in [0.15, 0.2) is 28.2 Å². The van der Waals surface area contributed by atoms with E-state index in [9.17, 15) is 0 Å². The number of benzene rings is 1. The first-order chi connectivity index (χ1) is 12.0. The minimum absolute atomic E-state index is 0. The Labute approximate surface area is 171 Å². The van der Waals surface area contributed by atoms with Crippen molar-refractivity contribution in [2.75, 3.05) is 13.2 Å². The van der Waals surface area contributed by atoms with Crippen LogP contribution < -0.4 is 0 Å². The van der Waals surface area contributed by atoms with E-state index in [2.05, 4.69) is 43.7 Å². The molecule has 2 atom stereocenters. The van der Waals surface area contributed by atoms with Gasteiger partial charge < -0.3 is 14.9 Å². The molecule has 0 amide bonds. The molecule has 0 radical (unpaired) electrons. The second-order valence-electron chi connectivity index (χ2n) is 6.64. The maximum atomic E-state index is 5.73. The van der Waals surface area contributed by atoms with Crippen molar-refractivity contribution in [3.05, 3.63) is 35.4 Å². The van der Waals surface area contributed by atoms with Crippen LogP contribution in [0.25, 0.3) is 0 Å². The zero-order valence-electron chi connectivity index (χ0n) is 15.3. The van der Waals surface area contributed by atoms with Crippen molar-refractivity contribution in [1.29, 1.82) is 0 Å². The Balaban J connectivity index is 0.000000791. The number of rotatable bonds is 4. The van der Waals surface area contributed by atoms with Crippen molar-refractivity contribution < 1.29 is 30.1 Å². The Hall–Kier alpha value is -0.677. The molecule has 5 nitrogen and oxygen atoms in total. The fourth-order valence-electron chi connectivity index (χ4n) is 2.48. The molecule has 0 spiro atoms. The molecule has 26 heavy (non-hydrogen) atoms. The molecule has 1 aromatic rings. The van der Waals surface area contributed by atoms with E-state index in [0.717, 1.165) is 11.1 Å². The van der Waals surface area contributed by atoms with Crippen LogP contribution in [0.1, 0.15) is 38.8 Å². The van der Waals surface area contributed by atoms with Crippen molar-refractivity contribution >= 4 is 31.2 Å². The van der Waals surface area contributed by atoms with Crippen LogP contribution in [0.3, 0.4) is 0 Å². The van der Waals surface area contributed by atoms with Crippen LogP contribution in [0, 0.1) is 17.9 Å². The predicted octanol–water partition coefficient (Wildman–Crippen LogP) is 3.64. The summed E-state index contributed by atoms with van der Waals surface area (Å²) in [6, 6.07) is 9.73. The number of nitrogens with zero attached hydrogens (tertiary/aromatic N) is 2. The number of hydrogen-bond acceptors (Lipinski definition) is 4. The minimum atomic E-state index is -0.226. The number of ether oxygens (including phenoxy) is 2. The Morgan fingerprint density at radius 3 is 1.65 bits per heavy atom. The Morgan fingerprint density at radius 1 is 0.962 bits per heavy atom. The van der Waals surface area contributed by atoms with Crippen LogP contribution in [-0.2, 0) is 24.6 Å². The summed E-state index contributed by atoms with van der Waals surface area (Å²) in [5.41, 5.74) is 1.75. The summed E-state index contributed by atoms with van der Waals surface area (Å²) in [6.45, 7) is 9.94. The second-order valence-corrected chi connectivity index (χ2v) is 9.13. The number of halogens is 2. The third kappa shape index (κ3) is 6.19. The van der Waals surface area contributed by atoms with Crippen molar-refractivity contribution in [2.45, 2.75) is 39.8 Å². The molecule has 2 aliphatic heterocycles. The molecule has 0 bridgehead atoms. The standard InChI is InChI=1S/C18H23N2O2.2ClH.H2O.Rh/c1-11(2)15-9-21-17(19-15)13-6-5-7-14(8-13)18-20-16(10-22-18)12(3)4;;;;/h5-7,11-12,15-16H,9-10H2,1-4H3;2*1H;1H2;/q-1;;;;+3/p-2/t15-,16-;;;;/m0..../s1. The monoisotopic (exact) mass is 490 g/mol. The van der Waals surface area contributed by atoms with E-state index >= 15 is 0 Å². The molecular weight excluding hydrogens is 466 g/mol. The van der Waals surface area contributed by atoms with Crippen molar-refractivity contribution in [3.8, 4) is 0 Å². The summed E-state index contributed by atoms with van der Waals surface area (Å²) >= 11 is -0.226. The van der Waals surface area contributed by atoms with E-state index in [-0.39, 0.29) is 32.7 Å². The molecule has 2 N–H and O–H groups in total. The quantitative estimate of drug-likeness (QED) is 0.477. The Morgan fingerprint density at radius 2 is 1.35 bits per heavy atom. The molecule has 0 aliphatic carbocycles. The molecule has 2 aliphatic rings. The van der Waals surface area contributed by atoms with Crippen molar-refractivity contribution in [2.24, 2.45) is 21.8 Å². The Bertz CT molecular complexity index is 589. The second kappa shape index (κ2) is 11.2. The predicted molar refractivity (Wildman–Crippen MR) is 103 cm³/mol. The van der Waals surface area contributed by atoms with Gasteiger partial charge in [0.15, 0.2) is 0 Å². The molecule has 0 fully saturated rings. The zero-order valence-corrected chi connectivity index (χ0v) is 18.4. The maximum absolute atomic E-state index is 5.73. The SMILES string of the molecule is CC(C)[C@@H]1COC(c2[c-]c(C3=N[C@H](C(C)C)CO3)ccc2)=N1.O.[Cl][Rh+][Cl]. The summed E-state index contributed by atoms with van der Waals surface area (Å²) in [4.78, 5) is 9.30. The van der Waals surface area contributed by atoms with Gasteiger partial charge in [-0.1, -0.05) is 38.8 Å². The van der Waals surface area contributed by atoms with Gasteiger partial charge in [0, 0.05) is 0 Å². The summed E-state index contributed by atoms with van der Waals surface area (Å²) in [5.74, 6) is 2.32. The average Bonchev–Trinajstić information content (AvgIpc) is 3.26. The van der Waals surface area contributed by atoms with Gasteiger partial charge in [-0.05, 0) is 11.8 Å². The molecular formula is C18H25Cl2N2O3Rh. The summed E-state index contributed by atoms with van der Waals surface area (Å²) in [5, 5.41) is 0. The van der Waals surface area contributed by atoms with Gasteiger partial charge >= 0.3 is 34.5 Å². The van der Waals surface area contributed by atoms with Gasteiger partial charge in [-0.3, -0.25) is 9.98 Å². The molecule has 0 unspecified atom stereocenters. The molecule has 2 heterocycles. The normalized spacial score (nSPS) is 21.4. The van der Waals surface area contributed by atoms with E-state index in [1.54, 1.807) is 0 Å². The van der Waals surface area contributed by atoms with E-state index in [0.29, 0.717) is 36.8 Å². The molecule has 0 saturated carbocycles. The average molecular weight is 491 g/mol. The van der Waals surface area contributed by atoms with Gasteiger partial charge in [0.25, 0.3) is 0 Å². The third-order valence-electron chi connectivity index (χ3n) is 4.14. The first kappa shape index (κ1) is 23.4. The molecule has 8 heteroatoms. The Kier molecular flexibility index (Phi) is 10.1. The van der Waals surface area contributed by atoms with Crippen LogP contribution in [0.4, 0.5) is 0 Å². The third-order valence-corrected chi connectivity index (χ3v) is 4.14. The fraction of sp³-hybridized carbons (Fsp3) is 0.556. The van der Waals surface area contributed by atoms with Gasteiger partial charge in [-0.2, -0.15) is 0 Å². The first-order valence-corrected chi connectivity index (χ1v) is 12.5. The molecule has 3 rings (SSSR count). The topological polar surface area (TPSA) is 74.7 Å². The summed E-state index contributed by atoms with van der Waals surface area (Å²) in [7, 11) is 9.67. The fourth-order valence-corrected chi connectivity index (χ4v) is 2.48. The van der Waals surface area contributed by atoms with Crippen LogP contribution in [0.2, 0.25) is 0 Å². The van der Waals surface area contributed by atoms with Gasteiger partial charge in [0.1, 0.15) is 25.0 Å². The molecule has 148 valence electrons. The summed E-state index contributed by atoms with van der Waals surface area (Å²) in [6.07, 6.45) is 0. The number of hydrogen-bond donors (Lipinski definition) is 0. The molecule has 1 aromatic carbocycles.